The molecule has 0 aliphatic rings. The van der Waals surface area contributed by atoms with E-state index in [9.17, 15) is 4.39 Å². The molecule has 2 rings (SSSR count). The standard InChI is InChI=1S/C11H13FN2/c1-8-3-4-9-10(7-8)14(2)11(13-9)5-6-12/h3-4,7H,5-6H2,1-2H3. The van der Waals surface area contributed by atoms with Crippen LogP contribution in [0.25, 0.3) is 11.0 Å². The second-order valence-corrected chi connectivity index (χ2v) is 3.52. The summed E-state index contributed by atoms with van der Waals surface area (Å²) in [6, 6.07) is 6.07. The first-order valence-corrected chi connectivity index (χ1v) is 4.70. The molecule has 0 amide bonds. The van der Waals surface area contributed by atoms with Gasteiger partial charge in [0.05, 0.1) is 17.7 Å². The van der Waals surface area contributed by atoms with Crippen molar-refractivity contribution in [2.24, 2.45) is 7.05 Å². The number of fused-ring (bicyclic) bond motifs is 1. The summed E-state index contributed by atoms with van der Waals surface area (Å²) in [7, 11) is 1.93. The highest BCUT2D eigenvalue weighted by Crippen LogP contribution is 2.16. The molecule has 0 aliphatic carbocycles. The first-order valence-electron chi connectivity index (χ1n) is 4.70. The molecule has 0 unspecified atom stereocenters. The highest BCUT2D eigenvalue weighted by molar-refractivity contribution is 5.76. The van der Waals surface area contributed by atoms with E-state index in [0.717, 1.165) is 16.9 Å². The van der Waals surface area contributed by atoms with Crippen LogP contribution in [-0.2, 0) is 13.5 Å². The number of hydrogen-bond acceptors (Lipinski definition) is 1. The Morgan fingerprint density at radius 2 is 2.21 bits per heavy atom. The van der Waals surface area contributed by atoms with Gasteiger partial charge in [0.1, 0.15) is 5.82 Å². The van der Waals surface area contributed by atoms with Crippen molar-refractivity contribution in [3.63, 3.8) is 0 Å². The van der Waals surface area contributed by atoms with Gasteiger partial charge in [0, 0.05) is 13.5 Å². The van der Waals surface area contributed by atoms with Crippen LogP contribution in [0.5, 0.6) is 0 Å². The molecule has 0 N–H and O–H groups in total. The fraction of sp³-hybridized carbons (Fsp3) is 0.364. The minimum absolute atomic E-state index is 0.351. The predicted octanol–water partition coefficient (Wildman–Crippen LogP) is 2.39. The van der Waals surface area contributed by atoms with Gasteiger partial charge in [0.15, 0.2) is 0 Å². The Morgan fingerprint density at radius 1 is 1.43 bits per heavy atom. The number of halogens is 1. The molecule has 0 saturated heterocycles. The van der Waals surface area contributed by atoms with Crippen LogP contribution in [0.3, 0.4) is 0 Å². The van der Waals surface area contributed by atoms with E-state index in [2.05, 4.69) is 11.1 Å². The van der Waals surface area contributed by atoms with E-state index in [1.54, 1.807) is 0 Å². The quantitative estimate of drug-likeness (QED) is 0.714. The lowest BCUT2D eigenvalue weighted by Crippen LogP contribution is -1.98. The molecule has 0 aliphatic heterocycles. The lowest BCUT2D eigenvalue weighted by atomic mass is 10.2. The average Bonchev–Trinajstić information content (AvgIpc) is 2.46. The maximum absolute atomic E-state index is 12.2. The molecule has 0 saturated carbocycles. The summed E-state index contributed by atoms with van der Waals surface area (Å²) in [4.78, 5) is 4.37. The van der Waals surface area contributed by atoms with Crippen LogP contribution in [0, 0.1) is 6.92 Å². The summed E-state index contributed by atoms with van der Waals surface area (Å²) in [5, 5.41) is 0. The van der Waals surface area contributed by atoms with Crippen LogP contribution in [0.15, 0.2) is 18.2 Å². The fourth-order valence-electron chi connectivity index (χ4n) is 1.66. The van der Waals surface area contributed by atoms with Crippen molar-refractivity contribution in [2.45, 2.75) is 13.3 Å². The van der Waals surface area contributed by atoms with Crippen molar-refractivity contribution >= 4 is 11.0 Å². The normalized spacial score (nSPS) is 11.1. The minimum Gasteiger partial charge on any atom is -0.331 e. The smallest absolute Gasteiger partial charge is 0.112 e. The van der Waals surface area contributed by atoms with E-state index in [1.165, 1.54) is 5.56 Å². The number of rotatable bonds is 2. The molecule has 3 heteroatoms. The lowest BCUT2D eigenvalue weighted by Gasteiger charge is -1.99. The molecule has 1 aromatic carbocycles. The molecule has 1 heterocycles. The monoisotopic (exact) mass is 192 g/mol. The van der Waals surface area contributed by atoms with Gasteiger partial charge in [-0.15, -0.1) is 0 Å². The molecule has 0 radical (unpaired) electrons. The van der Waals surface area contributed by atoms with Crippen LogP contribution < -0.4 is 0 Å². The highest BCUT2D eigenvalue weighted by atomic mass is 19.1. The van der Waals surface area contributed by atoms with Gasteiger partial charge >= 0.3 is 0 Å². The zero-order chi connectivity index (χ0) is 10.1. The molecule has 0 fully saturated rings. The average molecular weight is 192 g/mol. The third-order valence-corrected chi connectivity index (χ3v) is 2.45. The van der Waals surface area contributed by atoms with Gasteiger partial charge in [-0.2, -0.15) is 0 Å². The Labute approximate surface area is 82.4 Å². The minimum atomic E-state index is -0.351. The molecule has 0 spiro atoms. The Morgan fingerprint density at radius 3 is 2.93 bits per heavy atom. The Balaban J connectivity index is 2.62. The van der Waals surface area contributed by atoms with Crippen LogP contribution in [-0.4, -0.2) is 16.2 Å². The van der Waals surface area contributed by atoms with Gasteiger partial charge < -0.3 is 4.57 Å². The molecule has 2 nitrogen and oxygen atoms in total. The molecule has 2 aromatic rings. The number of nitrogens with zero attached hydrogens (tertiary/aromatic N) is 2. The van der Waals surface area contributed by atoms with E-state index in [0.29, 0.717) is 6.42 Å². The number of aryl methyl sites for hydroxylation is 3. The lowest BCUT2D eigenvalue weighted by molar-refractivity contribution is 0.484. The van der Waals surface area contributed by atoms with E-state index in [1.807, 2.05) is 30.7 Å². The van der Waals surface area contributed by atoms with E-state index < -0.39 is 0 Å². The van der Waals surface area contributed by atoms with Crippen molar-refractivity contribution in [1.82, 2.24) is 9.55 Å². The summed E-state index contributed by atoms with van der Waals surface area (Å²) < 4.78 is 14.2. The maximum Gasteiger partial charge on any atom is 0.112 e. The number of aromatic nitrogens is 2. The van der Waals surface area contributed by atoms with E-state index in [-0.39, 0.29) is 6.67 Å². The molecular weight excluding hydrogens is 179 g/mol. The topological polar surface area (TPSA) is 17.8 Å². The highest BCUT2D eigenvalue weighted by Gasteiger charge is 2.06. The second kappa shape index (κ2) is 3.40. The van der Waals surface area contributed by atoms with Crippen molar-refractivity contribution in [2.75, 3.05) is 6.67 Å². The maximum atomic E-state index is 12.2. The molecule has 14 heavy (non-hydrogen) atoms. The Hall–Kier alpha value is -1.38. The van der Waals surface area contributed by atoms with Crippen molar-refractivity contribution in [1.29, 1.82) is 0 Å². The van der Waals surface area contributed by atoms with Crippen LogP contribution in [0.4, 0.5) is 4.39 Å². The van der Waals surface area contributed by atoms with Crippen molar-refractivity contribution in [3.05, 3.63) is 29.6 Å². The third kappa shape index (κ3) is 1.39. The first-order chi connectivity index (χ1) is 6.72. The number of imidazole rings is 1. The van der Waals surface area contributed by atoms with Gasteiger partial charge in [-0.05, 0) is 24.6 Å². The number of hydrogen-bond donors (Lipinski definition) is 0. The first kappa shape index (κ1) is 9.19. The van der Waals surface area contributed by atoms with Gasteiger partial charge in [-0.3, -0.25) is 4.39 Å². The molecule has 0 atom stereocenters. The molecule has 0 bridgehead atoms. The van der Waals surface area contributed by atoms with Crippen molar-refractivity contribution < 1.29 is 4.39 Å². The van der Waals surface area contributed by atoms with Crippen LogP contribution in [0.2, 0.25) is 0 Å². The predicted molar refractivity (Wildman–Crippen MR) is 55.1 cm³/mol. The largest absolute Gasteiger partial charge is 0.331 e. The van der Waals surface area contributed by atoms with E-state index >= 15 is 0 Å². The summed E-state index contributed by atoms with van der Waals surface area (Å²) in [6.45, 7) is 1.69. The van der Waals surface area contributed by atoms with Gasteiger partial charge in [0.25, 0.3) is 0 Å². The zero-order valence-corrected chi connectivity index (χ0v) is 8.42. The Bertz CT molecular complexity index is 460. The second-order valence-electron chi connectivity index (χ2n) is 3.52. The molecular formula is C11H13FN2. The molecule has 74 valence electrons. The number of benzene rings is 1. The van der Waals surface area contributed by atoms with Crippen LogP contribution in [0.1, 0.15) is 11.4 Å². The summed E-state index contributed by atoms with van der Waals surface area (Å²) in [5.74, 6) is 0.813. The summed E-state index contributed by atoms with van der Waals surface area (Å²) in [6.07, 6.45) is 0.393. The zero-order valence-electron chi connectivity index (χ0n) is 8.42. The molecule has 1 aromatic heterocycles. The van der Waals surface area contributed by atoms with Gasteiger partial charge in [-0.25, -0.2) is 4.98 Å². The fourth-order valence-corrected chi connectivity index (χ4v) is 1.66. The SMILES string of the molecule is Cc1ccc2nc(CCF)n(C)c2c1. The van der Waals surface area contributed by atoms with E-state index in [4.69, 9.17) is 0 Å². The van der Waals surface area contributed by atoms with Gasteiger partial charge in [0.2, 0.25) is 0 Å². The number of alkyl halides is 1. The van der Waals surface area contributed by atoms with Crippen LogP contribution >= 0.6 is 0 Å². The van der Waals surface area contributed by atoms with Gasteiger partial charge in [-0.1, -0.05) is 6.07 Å². The van der Waals surface area contributed by atoms with Crippen molar-refractivity contribution in [3.8, 4) is 0 Å². The Kier molecular flexibility index (Phi) is 2.23. The summed E-state index contributed by atoms with van der Waals surface area (Å²) in [5.41, 5.74) is 3.22. The third-order valence-electron chi connectivity index (χ3n) is 2.45. The summed E-state index contributed by atoms with van der Waals surface area (Å²) >= 11 is 0.